The van der Waals surface area contributed by atoms with Gasteiger partial charge in [-0.15, -0.1) is 0 Å². The van der Waals surface area contributed by atoms with Crippen molar-refractivity contribution >= 4 is 5.78 Å². The number of hydrogen-bond acceptors (Lipinski definition) is 3. The molecule has 17 heavy (non-hydrogen) atoms. The van der Waals surface area contributed by atoms with Crippen molar-refractivity contribution in [3.8, 4) is 0 Å². The lowest BCUT2D eigenvalue weighted by atomic mass is 9.84. The summed E-state index contributed by atoms with van der Waals surface area (Å²) in [5, 5.41) is 0. The average Bonchev–Trinajstić information content (AvgIpc) is 2.20. The van der Waals surface area contributed by atoms with Gasteiger partial charge in [0, 0.05) is 12.6 Å². The fraction of sp³-hybridized carbons (Fsp3) is 0.929. The number of carbonyl (C=O) groups is 1. The number of carbonyl (C=O) groups excluding carboxylic acids is 1. The molecule has 1 heterocycles. The molecule has 0 aromatic rings. The first kappa shape index (κ1) is 13.0. The molecule has 1 aliphatic heterocycles. The van der Waals surface area contributed by atoms with E-state index in [0.717, 1.165) is 6.54 Å². The van der Waals surface area contributed by atoms with Crippen LogP contribution in [-0.4, -0.2) is 41.5 Å². The highest BCUT2D eigenvalue weighted by Gasteiger charge is 2.53. The van der Waals surface area contributed by atoms with E-state index in [4.69, 9.17) is 4.74 Å². The van der Waals surface area contributed by atoms with Gasteiger partial charge in [0.2, 0.25) is 0 Å². The predicted molar refractivity (Wildman–Crippen MR) is 68.0 cm³/mol. The van der Waals surface area contributed by atoms with Crippen LogP contribution >= 0.6 is 0 Å². The molecule has 0 spiro atoms. The number of nitrogens with zero attached hydrogens (tertiary/aromatic N) is 1. The third kappa shape index (κ3) is 2.27. The van der Waals surface area contributed by atoms with E-state index in [-0.39, 0.29) is 17.3 Å². The fourth-order valence-electron chi connectivity index (χ4n) is 3.08. The summed E-state index contributed by atoms with van der Waals surface area (Å²) < 4.78 is 5.92. The molecule has 3 heteroatoms. The summed E-state index contributed by atoms with van der Waals surface area (Å²) in [5.74, 6) is 0.261. The van der Waals surface area contributed by atoms with Crippen LogP contribution in [0.25, 0.3) is 0 Å². The molecule has 0 N–H and O–H groups in total. The lowest BCUT2D eigenvalue weighted by molar-refractivity contribution is -0.132. The van der Waals surface area contributed by atoms with Gasteiger partial charge in [-0.05, 0) is 47.6 Å². The molecule has 0 radical (unpaired) electrons. The van der Waals surface area contributed by atoms with Crippen molar-refractivity contribution in [1.82, 2.24) is 4.90 Å². The summed E-state index contributed by atoms with van der Waals surface area (Å²) >= 11 is 0. The molecule has 1 saturated heterocycles. The van der Waals surface area contributed by atoms with Crippen LogP contribution in [0.15, 0.2) is 0 Å². The molecule has 98 valence electrons. The smallest absolute Gasteiger partial charge is 0.171 e. The van der Waals surface area contributed by atoms with Gasteiger partial charge >= 0.3 is 0 Å². The van der Waals surface area contributed by atoms with Gasteiger partial charge in [0.05, 0.1) is 11.5 Å². The molecule has 3 nitrogen and oxygen atoms in total. The van der Waals surface area contributed by atoms with Crippen LogP contribution in [0.3, 0.4) is 0 Å². The van der Waals surface area contributed by atoms with Crippen LogP contribution < -0.4 is 0 Å². The second-order valence-electron chi connectivity index (χ2n) is 6.66. The molecule has 1 atom stereocenters. The number of ether oxygens (including phenoxy) is 1. The monoisotopic (exact) mass is 239 g/mol. The molecule has 1 saturated carbocycles. The highest BCUT2D eigenvalue weighted by Crippen LogP contribution is 2.40. The molecular formula is C14H25NO2. The minimum Gasteiger partial charge on any atom is -0.361 e. The van der Waals surface area contributed by atoms with Crippen molar-refractivity contribution < 1.29 is 9.53 Å². The molecule has 1 unspecified atom stereocenters. The van der Waals surface area contributed by atoms with Gasteiger partial charge in [0.25, 0.3) is 0 Å². The molecule has 0 aromatic heterocycles. The van der Waals surface area contributed by atoms with Gasteiger partial charge < -0.3 is 9.64 Å². The Morgan fingerprint density at radius 2 is 1.88 bits per heavy atom. The Bertz CT molecular complexity index is 318. The average molecular weight is 239 g/mol. The summed E-state index contributed by atoms with van der Waals surface area (Å²) in [6.45, 7) is 8.69. The second kappa shape index (κ2) is 4.06. The van der Waals surface area contributed by atoms with Crippen molar-refractivity contribution in [1.29, 1.82) is 0 Å². The molecule has 2 rings (SSSR count). The Morgan fingerprint density at radius 1 is 1.29 bits per heavy atom. The Hall–Kier alpha value is -0.410. The van der Waals surface area contributed by atoms with Gasteiger partial charge in [-0.1, -0.05) is 6.42 Å². The summed E-state index contributed by atoms with van der Waals surface area (Å²) in [5.41, 5.74) is -0.951. The van der Waals surface area contributed by atoms with E-state index in [1.807, 2.05) is 27.7 Å². The van der Waals surface area contributed by atoms with Crippen molar-refractivity contribution in [3.63, 3.8) is 0 Å². The Kier molecular flexibility index (Phi) is 3.11. The Balaban J connectivity index is 2.06. The molecule has 2 aliphatic rings. The fourth-order valence-corrected chi connectivity index (χ4v) is 3.08. The number of rotatable bonds is 3. The highest BCUT2D eigenvalue weighted by atomic mass is 16.5. The predicted octanol–water partition coefficient (Wildman–Crippen LogP) is 2.24. The molecule has 1 aliphatic carbocycles. The van der Waals surface area contributed by atoms with Crippen LogP contribution in [0.2, 0.25) is 0 Å². The highest BCUT2D eigenvalue weighted by molar-refractivity contribution is 5.91. The quantitative estimate of drug-likeness (QED) is 0.756. The lowest BCUT2D eigenvalue weighted by Gasteiger charge is -2.37. The standard InChI is InChI=1S/C14H25NO2/c1-13(2)11(12(16)14(3,4)17-13)9-15(5)10-7-6-8-10/h10-11H,6-9H2,1-5H3. The van der Waals surface area contributed by atoms with Crippen LogP contribution in [0.1, 0.15) is 47.0 Å². The maximum Gasteiger partial charge on any atom is 0.171 e. The molecule has 2 fully saturated rings. The Labute approximate surface area is 105 Å². The van der Waals surface area contributed by atoms with Crippen LogP contribution in [0, 0.1) is 5.92 Å². The number of Topliss-reactive ketones (excluding diaryl/α,β-unsaturated/α-hetero) is 1. The van der Waals surface area contributed by atoms with Crippen molar-refractivity contribution in [2.75, 3.05) is 13.6 Å². The first-order chi connectivity index (χ1) is 7.74. The molecule has 0 aromatic carbocycles. The molecule has 0 bridgehead atoms. The zero-order chi connectivity index (χ0) is 12.8. The summed E-state index contributed by atoms with van der Waals surface area (Å²) in [7, 11) is 2.14. The molecule has 0 amide bonds. The summed E-state index contributed by atoms with van der Waals surface area (Å²) in [6.07, 6.45) is 3.89. The third-order valence-corrected chi connectivity index (χ3v) is 4.44. The minimum absolute atomic E-state index is 0.00287. The van der Waals surface area contributed by atoms with E-state index in [1.165, 1.54) is 19.3 Å². The number of ketones is 1. The van der Waals surface area contributed by atoms with Gasteiger partial charge in [-0.2, -0.15) is 0 Å². The van der Waals surface area contributed by atoms with Gasteiger partial charge in [-0.25, -0.2) is 0 Å². The van der Waals surface area contributed by atoms with Crippen molar-refractivity contribution in [2.45, 2.75) is 64.2 Å². The topological polar surface area (TPSA) is 29.5 Å². The molecular weight excluding hydrogens is 214 g/mol. The first-order valence-corrected chi connectivity index (χ1v) is 6.69. The van der Waals surface area contributed by atoms with Gasteiger partial charge in [0.15, 0.2) is 5.78 Å². The summed E-state index contributed by atoms with van der Waals surface area (Å²) in [6, 6.07) is 0.683. The van der Waals surface area contributed by atoms with Crippen LogP contribution in [-0.2, 0) is 9.53 Å². The van der Waals surface area contributed by atoms with Crippen molar-refractivity contribution in [3.05, 3.63) is 0 Å². The second-order valence-corrected chi connectivity index (χ2v) is 6.66. The SMILES string of the molecule is CN(CC1C(=O)C(C)(C)OC1(C)C)C1CCC1. The van der Waals surface area contributed by atoms with E-state index in [1.54, 1.807) is 0 Å². The van der Waals surface area contributed by atoms with Crippen LogP contribution in [0.5, 0.6) is 0 Å². The maximum atomic E-state index is 12.4. The van der Waals surface area contributed by atoms with Gasteiger partial charge in [-0.3, -0.25) is 4.79 Å². The van der Waals surface area contributed by atoms with Crippen molar-refractivity contribution in [2.24, 2.45) is 5.92 Å². The Morgan fingerprint density at radius 3 is 2.24 bits per heavy atom. The normalized spacial score (nSPS) is 31.9. The maximum absolute atomic E-state index is 12.4. The minimum atomic E-state index is -0.616. The van der Waals surface area contributed by atoms with E-state index in [2.05, 4.69) is 11.9 Å². The lowest BCUT2D eigenvalue weighted by Crippen LogP contribution is -2.45. The van der Waals surface area contributed by atoms with E-state index < -0.39 is 5.60 Å². The van der Waals surface area contributed by atoms with E-state index >= 15 is 0 Å². The first-order valence-electron chi connectivity index (χ1n) is 6.69. The summed E-state index contributed by atoms with van der Waals surface area (Å²) in [4.78, 5) is 14.7. The zero-order valence-electron chi connectivity index (χ0n) is 11.7. The zero-order valence-corrected chi connectivity index (χ0v) is 11.7. The third-order valence-electron chi connectivity index (χ3n) is 4.44. The largest absolute Gasteiger partial charge is 0.361 e. The number of hydrogen-bond donors (Lipinski definition) is 0. The van der Waals surface area contributed by atoms with Crippen LogP contribution in [0.4, 0.5) is 0 Å². The van der Waals surface area contributed by atoms with E-state index in [9.17, 15) is 4.79 Å². The van der Waals surface area contributed by atoms with E-state index in [0.29, 0.717) is 6.04 Å². The van der Waals surface area contributed by atoms with Gasteiger partial charge in [0.1, 0.15) is 5.60 Å².